The van der Waals surface area contributed by atoms with Crippen LogP contribution in [0.2, 0.25) is 0 Å². The fourth-order valence-corrected chi connectivity index (χ4v) is 2.02. The van der Waals surface area contributed by atoms with E-state index in [1.807, 2.05) is 39.8 Å². The third kappa shape index (κ3) is 2.53. The number of nitrogens with two attached hydrogens (primary N) is 2. The van der Waals surface area contributed by atoms with Crippen LogP contribution in [0, 0.1) is 0 Å². The van der Waals surface area contributed by atoms with Gasteiger partial charge < -0.3 is 20.8 Å². The average Bonchev–Trinajstić information content (AvgIpc) is 2.57. The Labute approximate surface area is 114 Å². The first-order valence-electron chi connectivity index (χ1n) is 6.55. The lowest BCUT2D eigenvalue weighted by Crippen LogP contribution is -2.41. The predicted octanol–water partition coefficient (Wildman–Crippen LogP) is 0.298. The van der Waals surface area contributed by atoms with Crippen molar-refractivity contribution in [3.8, 4) is 0 Å². The highest BCUT2D eigenvalue weighted by Gasteiger charge is 2.52. The Bertz CT molecular complexity index is 461. The van der Waals surface area contributed by atoms with Crippen LogP contribution in [-0.2, 0) is 22.4 Å². The molecule has 1 fully saturated rings. The first kappa shape index (κ1) is 14.5. The van der Waals surface area contributed by atoms with Gasteiger partial charge in [0.1, 0.15) is 0 Å². The molecular weight excluding hydrogens is 241 g/mol. The van der Waals surface area contributed by atoms with Crippen LogP contribution in [0.3, 0.4) is 0 Å². The van der Waals surface area contributed by atoms with E-state index in [4.69, 9.17) is 20.8 Å². The summed E-state index contributed by atoms with van der Waals surface area (Å²) < 4.78 is 12.0. The monoisotopic (exact) mass is 263 g/mol. The molecule has 104 valence electrons. The molecule has 0 aromatic carbocycles. The van der Waals surface area contributed by atoms with Crippen LogP contribution in [0.25, 0.3) is 0 Å². The van der Waals surface area contributed by atoms with Crippen LogP contribution in [0.4, 0.5) is 0 Å². The van der Waals surface area contributed by atoms with Gasteiger partial charge in [0.25, 0.3) is 0 Å². The standard InChI is InChI=1S/C13H22BN3O2/c1-12(2)13(3,4)19-14(18-12)10-6-5-9(7-15)17-11(10)8-16/h5-6H,7-8,15-16H2,1-4H3. The molecule has 0 aliphatic carbocycles. The van der Waals surface area contributed by atoms with Crippen LogP contribution in [0.5, 0.6) is 0 Å². The summed E-state index contributed by atoms with van der Waals surface area (Å²) in [6.07, 6.45) is 0. The van der Waals surface area contributed by atoms with Gasteiger partial charge in [-0.2, -0.15) is 0 Å². The third-order valence-corrected chi connectivity index (χ3v) is 3.98. The Morgan fingerprint density at radius 2 is 1.63 bits per heavy atom. The minimum atomic E-state index is -0.428. The Balaban J connectivity index is 2.34. The van der Waals surface area contributed by atoms with E-state index >= 15 is 0 Å². The summed E-state index contributed by atoms with van der Waals surface area (Å²) in [7, 11) is -0.428. The molecule has 1 aromatic heterocycles. The zero-order valence-electron chi connectivity index (χ0n) is 12.1. The van der Waals surface area contributed by atoms with Gasteiger partial charge in [0.2, 0.25) is 0 Å². The van der Waals surface area contributed by atoms with E-state index in [9.17, 15) is 0 Å². The van der Waals surface area contributed by atoms with Crippen molar-refractivity contribution in [2.75, 3.05) is 0 Å². The van der Waals surface area contributed by atoms with E-state index in [1.54, 1.807) is 0 Å². The highest BCUT2D eigenvalue weighted by Crippen LogP contribution is 2.36. The van der Waals surface area contributed by atoms with Gasteiger partial charge in [-0.3, -0.25) is 4.98 Å². The van der Waals surface area contributed by atoms with E-state index in [0.29, 0.717) is 13.1 Å². The van der Waals surface area contributed by atoms with Crippen molar-refractivity contribution in [3.05, 3.63) is 23.5 Å². The summed E-state index contributed by atoms with van der Waals surface area (Å²) >= 11 is 0. The Kier molecular flexibility index (Phi) is 3.70. The van der Waals surface area contributed by atoms with E-state index < -0.39 is 7.12 Å². The molecule has 5 nitrogen and oxygen atoms in total. The van der Waals surface area contributed by atoms with Crippen molar-refractivity contribution in [2.45, 2.75) is 52.0 Å². The largest absolute Gasteiger partial charge is 0.496 e. The van der Waals surface area contributed by atoms with Gasteiger partial charge in [0, 0.05) is 18.6 Å². The van der Waals surface area contributed by atoms with Gasteiger partial charge >= 0.3 is 7.12 Å². The number of nitrogens with zero attached hydrogens (tertiary/aromatic N) is 1. The minimum absolute atomic E-state index is 0.341. The van der Waals surface area contributed by atoms with Gasteiger partial charge in [0.05, 0.1) is 22.6 Å². The number of aromatic nitrogens is 1. The van der Waals surface area contributed by atoms with Crippen LogP contribution in [0.1, 0.15) is 39.1 Å². The van der Waals surface area contributed by atoms with Crippen molar-refractivity contribution in [2.24, 2.45) is 11.5 Å². The van der Waals surface area contributed by atoms with Crippen molar-refractivity contribution in [3.63, 3.8) is 0 Å². The topological polar surface area (TPSA) is 83.4 Å². The molecule has 0 amide bonds. The lowest BCUT2D eigenvalue weighted by molar-refractivity contribution is 0.00578. The molecule has 0 spiro atoms. The molecule has 6 heteroatoms. The third-order valence-electron chi connectivity index (χ3n) is 3.98. The number of pyridine rings is 1. The molecule has 1 aliphatic rings. The zero-order chi connectivity index (χ0) is 14.3. The quantitative estimate of drug-likeness (QED) is 0.766. The average molecular weight is 263 g/mol. The molecule has 2 heterocycles. The highest BCUT2D eigenvalue weighted by atomic mass is 16.7. The molecule has 0 atom stereocenters. The molecule has 4 N–H and O–H groups in total. The molecule has 2 rings (SSSR count). The fourth-order valence-electron chi connectivity index (χ4n) is 2.02. The predicted molar refractivity (Wildman–Crippen MR) is 75.7 cm³/mol. The summed E-state index contributed by atoms with van der Waals surface area (Å²) in [6, 6.07) is 3.83. The van der Waals surface area contributed by atoms with Gasteiger partial charge in [-0.05, 0) is 33.8 Å². The summed E-state index contributed by atoms with van der Waals surface area (Å²) in [6.45, 7) is 8.84. The normalized spacial score (nSPS) is 20.8. The van der Waals surface area contributed by atoms with Gasteiger partial charge in [-0.1, -0.05) is 6.07 Å². The molecule has 19 heavy (non-hydrogen) atoms. The maximum atomic E-state index is 6.02. The number of rotatable bonds is 3. The highest BCUT2D eigenvalue weighted by molar-refractivity contribution is 6.62. The maximum Gasteiger partial charge on any atom is 0.496 e. The van der Waals surface area contributed by atoms with Crippen molar-refractivity contribution in [1.29, 1.82) is 0 Å². The number of hydrogen-bond acceptors (Lipinski definition) is 5. The van der Waals surface area contributed by atoms with E-state index in [0.717, 1.165) is 16.9 Å². The van der Waals surface area contributed by atoms with Gasteiger partial charge in [-0.15, -0.1) is 0 Å². The minimum Gasteiger partial charge on any atom is -0.399 e. The van der Waals surface area contributed by atoms with Crippen LogP contribution in [0.15, 0.2) is 12.1 Å². The van der Waals surface area contributed by atoms with Crippen molar-refractivity contribution >= 4 is 12.6 Å². The summed E-state index contributed by atoms with van der Waals surface area (Å²) in [5.74, 6) is 0. The van der Waals surface area contributed by atoms with Crippen LogP contribution >= 0.6 is 0 Å². The summed E-state index contributed by atoms with van der Waals surface area (Å²) in [5, 5.41) is 0. The van der Waals surface area contributed by atoms with Gasteiger partial charge in [-0.25, -0.2) is 0 Å². The smallest absolute Gasteiger partial charge is 0.399 e. The second-order valence-corrected chi connectivity index (χ2v) is 5.84. The Morgan fingerprint density at radius 3 is 2.11 bits per heavy atom. The molecule has 1 aromatic rings. The lowest BCUT2D eigenvalue weighted by Gasteiger charge is -2.32. The van der Waals surface area contributed by atoms with E-state index in [2.05, 4.69) is 4.98 Å². The SMILES string of the molecule is CC1(C)OB(c2ccc(CN)nc2CN)OC1(C)C. The Morgan fingerprint density at radius 1 is 1.05 bits per heavy atom. The molecule has 1 saturated heterocycles. The molecule has 0 unspecified atom stereocenters. The first-order chi connectivity index (χ1) is 8.80. The van der Waals surface area contributed by atoms with Crippen LogP contribution in [-0.4, -0.2) is 23.3 Å². The lowest BCUT2D eigenvalue weighted by atomic mass is 9.77. The first-order valence-corrected chi connectivity index (χ1v) is 6.55. The second kappa shape index (κ2) is 4.87. The number of hydrogen-bond donors (Lipinski definition) is 2. The van der Waals surface area contributed by atoms with Gasteiger partial charge in [0.15, 0.2) is 0 Å². The fraction of sp³-hybridized carbons (Fsp3) is 0.615. The van der Waals surface area contributed by atoms with Crippen molar-refractivity contribution < 1.29 is 9.31 Å². The molecule has 0 radical (unpaired) electrons. The summed E-state index contributed by atoms with van der Waals surface area (Å²) in [4.78, 5) is 4.44. The van der Waals surface area contributed by atoms with Crippen LogP contribution < -0.4 is 16.9 Å². The Hall–Kier alpha value is -0.945. The summed E-state index contributed by atoms with van der Waals surface area (Å²) in [5.41, 5.74) is 13.1. The second-order valence-electron chi connectivity index (χ2n) is 5.84. The maximum absolute atomic E-state index is 6.02. The zero-order valence-corrected chi connectivity index (χ0v) is 12.1. The van der Waals surface area contributed by atoms with Crippen molar-refractivity contribution in [1.82, 2.24) is 4.98 Å². The van der Waals surface area contributed by atoms with E-state index in [1.165, 1.54) is 0 Å². The molecule has 1 aliphatic heterocycles. The molecule has 0 saturated carbocycles. The molecular formula is C13H22BN3O2. The molecule has 0 bridgehead atoms. The van der Waals surface area contributed by atoms with E-state index in [-0.39, 0.29) is 11.2 Å².